The average molecular weight is 353 g/mol. The topological polar surface area (TPSA) is 53.4 Å². The molecule has 0 unspecified atom stereocenters. The molecule has 1 aromatic heterocycles. The standard InChI is InChI=1S/C15H17BrN2O3/c1-5-18-11(8-9(2)17-18)14(19)10-6-7-12(20-3)13(16)15(10)21-4/h6-8H,5H2,1-4H3. The van der Waals surface area contributed by atoms with Gasteiger partial charge in [-0.3, -0.25) is 9.48 Å². The number of aryl methyl sites for hydroxylation is 2. The Morgan fingerprint density at radius 1 is 1.33 bits per heavy atom. The largest absolute Gasteiger partial charge is 0.495 e. The van der Waals surface area contributed by atoms with Crippen LogP contribution >= 0.6 is 15.9 Å². The zero-order valence-corrected chi connectivity index (χ0v) is 14.0. The number of nitrogens with zero attached hydrogens (tertiary/aromatic N) is 2. The first-order valence-electron chi connectivity index (χ1n) is 6.53. The predicted molar refractivity (Wildman–Crippen MR) is 83.3 cm³/mol. The number of hydrogen-bond donors (Lipinski definition) is 0. The lowest BCUT2D eigenvalue weighted by Gasteiger charge is -2.13. The molecule has 0 fully saturated rings. The zero-order valence-electron chi connectivity index (χ0n) is 12.4. The van der Waals surface area contributed by atoms with Gasteiger partial charge in [0.2, 0.25) is 5.78 Å². The molecule has 0 N–H and O–H groups in total. The van der Waals surface area contributed by atoms with Gasteiger partial charge < -0.3 is 9.47 Å². The highest BCUT2D eigenvalue weighted by atomic mass is 79.9. The van der Waals surface area contributed by atoms with Crippen LogP contribution in [-0.2, 0) is 6.54 Å². The van der Waals surface area contributed by atoms with Crippen LogP contribution in [0.25, 0.3) is 0 Å². The molecule has 0 aliphatic carbocycles. The lowest BCUT2D eigenvalue weighted by Crippen LogP contribution is -2.12. The van der Waals surface area contributed by atoms with Gasteiger partial charge in [0.25, 0.3) is 0 Å². The fourth-order valence-electron chi connectivity index (χ4n) is 2.18. The van der Waals surface area contributed by atoms with Crippen LogP contribution in [-0.4, -0.2) is 29.8 Å². The maximum absolute atomic E-state index is 12.8. The third-order valence-electron chi connectivity index (χ3n) is 3.16. The van der Waals surface area contributed by atoms with Gasteiger partial charge in [-0.05, 0) is 48.0 Å². The summed E-state index contributed by atoms with van der Waals surface area (Å²) < 4.78 is 12.9. The number of methoxy groups -OCH3 is 2. The molecular weight excluding hydrogens is 336 g/mol. The highest BCUT2D eigenvalue weighted by Crippen LogP contribution is 2.38. The van der Waals surface area contributed by atoms with Crippen molar-refractivity contribution in [3.8, 4) is 11.5 Å². The summed E-state index contributed by atoms with van der Waals surface area (Å²) in [6.45, 7) is 4.45. The molecule has 5 nitrogen and oxygen atoms in total. The quantitative estimate of drug-likeness (QED) is 0.775. The molecule has 0 radical (unpaired) electrons. The molecule has 2 aromatic rings. The molecule has 6 heteroatoms. The molecule has 0 aliphatic rings. The van der Waals surface area contributed by atoms with Crippen molar-refractivity contribution in [2.75, 3.05) is 14.2 Å². The van der Waals surface area contributed by atoms with Crippen molar-refractivity contribution >= 4 is 21.7 Å². The molecule has 0 saturated carbocycles. The number of benzene rings is 1. The Hall–Kier alpha value is -1.82. The van der Waals surface area contributed by atoms with Gasteiger partial charge >= 0.3 is 0 Å². The summed E-state index contributed by atoms with van der Waals surface area (Å²) >= 11 is 3.41. The van der Waals surface area contributed by atoms with E-state index in [2.05, 4.69) is 21.0 Å². The van der Waals surface area contributed by atoms with E-state index in [0.29, 0.717) is 33.8 Å². The van der Waals surface area contributed by atoms with E-state index in [4.69, 9.17) is 9.47 Å². The number of rotatable bonds is 5. The molecule has 2 rings (SSSR count). The van der Waals surface area contributed by atoms with E-state index in [1.807, 2.05) is 13.8 Å². The first kappa shape index (κ1) is 15.6. The molecule has 1 heterocycles. The van der Waals surface area contributed by atoms with Crippen molar-refractivity contribution in [2.24, 2.45) is 0 Å². The summed E-state index contributed by atoms with van der Waals surface area (Å²) in [6.07, 6.45) is 0. The predicted octanol–water partition coefficient (Wildman–Crippen LogP) is 3.22. The van der Waals surface area contributed by atoms with Gasteiger partial charge in [0.05, 0.1) is 25.5 Å². The molecule has 21 heavy (non-hydrogen) atoms. The summed E-state index contributed by atoms with van der Waals surface area (Å²) in [5.41, 5.74) is 1.83. The number of ether oxygens (including phenoxy) is 2. The fourth-order valence-corrected chi connectivity index (χ4v) is 2.85. The molecule has 0 spiro atoms. The van der Waals surface area contributed by atoms with Gasteiger partial charge in [0.1, 0.15) is 21.7 Å². The first-order valence-corrected chi connectivity index (χ1v) is 7.32. The summed E-state index contributed by atoms with van der Waals surface area (Å²) in [7, 11) is 3.09. The highest BCUT2D eigenvalue weighted by molar-refractivity contribution is 9.10. The van der Waals surface area contributed by atoms with Gasteiger partial charge in [-0.2, -0.15) is 5.10 Å². The number of hydrogen-bond acceptors (Lipinski definition) is 4. The Labute approximate surface area is 132 Å². The number of carbonyl (C=O) groups excluding carboxylic acids is 1. The van der Waals surface area contributed by atoms with Crippen LogP contribution < -0.4 is 9.47 Å². The maximum Gasteiger partial charge on any atom is 0.214 e. The van der Waals surface area contributed by atoms with Crippen molar-refractivity contribution in [2.45, 2.75) is 20.4 Å². The van der Waals surface area contributed by atoms with E-state index in [1.54, 1.807) is 30.0 Å². The second kappa shape index (κ2) is 6.30. The van der Waals surface area contributed by atoms with Crippen LogP contribution in [0.1, 0.15) is 28.7 Å². The summed E-state index contributed by atoms with van der Waals surface area (Å²) in [5, 5.41) is 4.31. The minimum Gasteiger partial charge on any atom is -0.495 e. The van der Waals surface area contributed by atoms with E-state index in [9.17, 15) is 4.79 Å². The Balaban J connectivity index is 2.55. The van der Waals surface area contributed by atoms with Crippen molar-refractivity contribution < 1.29 is 14.3 Å². The average Bonchev–Trinajstić information content (AvgIpc) is 2.87. The van der Waals surface area contributed by atoms with E-state index in [1.165, 1.54) is 7.11 Å². The lowest BCUT2D eigenvalue weighted by molar-refractivity contribution is 0.102. The Morgan fingerprint density at radius 3 is 2.62 bits per heavy atom. The van der Waals surface area contributed by atoms with Crippen molar-refractivity contribution in [1.29, 1.82) is 0 Å². The molecule has 0 aliphatic heterocycles. The monoisotopic (exact) mass is 352 g/mol. The van der Waals surface area contributed by atoms with Crippen LogP contribution in [0.2, 0.25) is 0 Å². The van der Waals surface area contributed by atoms with Crippen LogP contribution in [0.3, 0.4) is 0 Å². The van der Waals surface area contributed by atoms with Gasteiger partial charge in [0, 0.05) is 6.54 Å². The number of halogens is 1. The second-order valence-electron chi connectivity index (χ2n) is 4.48. The summed E-state index contributed by atoms with van der Waals surface area (Å²) in [4.78, 5) is 12.8. The molecule has 0 amide bonds. The minimum atomic E-state index is -0.127. The van der Waals surface area contributed by atoms with Crippen LogP contribution in [0.15, 0.2) is 22.7 Å². The van der Waals surface area contributed by atoms with Crippen molar-refractivity contribution in [1.82, 2.24) is 9.78 Å². The SMILES string of the molecule is CCn1nc(C)cc1C(=O)c1ccc(OC)c(Br)c1OC. The van der Waals surface area contributed by atoms with Crippen LogP contribution in [0, 0.1) is 6.92 Å². The third-order valence-corrected chi connectivity index (χ3v) is 3.92. The fraction of sp³-hybridized carbons (Fsp3) is 0.333. The van der Waals surface area contributed by atoms with Gasteiger partial charge in [0.15, 0.2) is 0 Å². The van der Waals surface area contributed by atoms with E-state index < -0.39 is 0 Å². The normalized spacial score (nSPS) is 10.5. The summed E-state index contributed by atoms with van der Waals surface area (Å²) in [6, 6.07) is 5.22. The first-order chi connectivity index (χ1) is 10.0. The number of ketones is 1. The lowest BCUT2D eigenvalue weighted by atomic mass is 10.1. The van der Waals surface area contributed by atoms with Gasteiger partial charge in [-0.25, -0.2) is 0 Å². The summed E-state index contributed by atoms with van der Waals surface area (Å²) in [5.74, 6) is 0.946. The molecule has 112 valence electrons. The third kappa shape index (κ3) is 2.81. The van der Waals surface area contributed by atoms with Crippen LogP contribution in [0.5, 0.6) is 11.5 Å². The Bertz CT molecular complexity index is 680. The van der Waals surface area contributed by atoms with Gasteiger partial charge in [-0.1, -0.05) is 0 Å². The molecule has 1 aromatic carbocycles. The molecular formula is C15H17BrN2O3. The highest BCUT2D eigenvalue weighted by Gasteiger charge is 2.22. The van der Waals surface area contributed by atoms with E-state index >= 15 is 0 Å². The smallest absolute Gasteiger partial charge is 0.214 e. The van der Waals surface area contributed by atoms with E-state index in [-0.39, 0.29) is 5.78 Å². The Kier molecular flexibility index (Phi) is 4.67. The Morgan fingerprint density at radius 2 is 2.05 bits per heavy atom. The number of carbonyl (C=O) groups is 1. The number of aromatic nitrogens is 2. The maximum atomic E-state index is 12.8. The van der Waals surface area contributed by atoms with E-state index in [0.717, 1.165) is 5.69 Å². The molecule has 0 bridgehead atoms. The minimum absolute atomic E-state index is 0.127. The molecule has 0 saturated heterocycles. The second-order valence-corrected chi connectivity index (χ2v) is 5.27. The van der Waals surface area contributed by atoms with Crippen LogP contribution in [0.4, 0.5) is 0 Å². The van der Waals surface area contributed by atoms with Gasteiger partial charge in [-0.15, -0.1) is 0 Å². The zero-order chi connectivity index (χ0) is 15.6. The van der Waals surface area contributed by atoms with Crippen molar-refractivity contribution in [3.63, 3.8) is 0 Å². The molecule has 0 atom stereocenters. The van der Waals surface area contributed by atoms with Crippen molar-refractivity contribution in [3.05, 3.63) is 39.6 Å².